The summed E-state index contributed by atoms with van der Waals surface area (Å²) in [6.45, 7) is 2.14. The summed E-state index contributed by atoms with van der Waals surface area (Å²) in [7, 11) is 0. The van der Waals surface area contributed by atoms with Gasteiger partial charge in [0.25, 0.3) is 0 Å². The number of oxazole rings is 1. The molecule has 1 heterocycles. The molecule has 3 nitrogen and oxygen atoms in total. The lowest BCUT2D eigenvalue weighted by Crippen LogP contribution is -1.90. The second-order valence-corrected chi connectivity index (χ2v) is 3.14. The molecule has 3 heteroatoms. The minimum Gasteiger partial charge on any atom is -0.441 e. The lowest BCUT2D eigenvalue weighted by Gasteiger charge is -2.00. The van der Waals surface area contributed by atoms with Crippen LogP contribution in [0.3, 0.4) is 0 Å². The Bertz CT molecular complexity index is 420. The number of anilines is 1. The van der Waals surface area contributed by atoms with Gasteiger partial charge < -0.3 is 10.2 Å². The molecule has 0 bridgehead atoms. The molecule has 68 valence electrons. The van der Waals surface area contributed by atoms with Gasteiger partial charge in [0.15, 0.2) is 12.0 Å². The van der Waals surface area contributed by atoms with E-state index in [9.17, 15) is 0 Å². The number of fused-ring (bicyclic) bond motifs is 1. The molecule has 2 N–H and O–H groups in total. The molecule has 1 aromatic carbocycles. The number of aromatic nitrogens is 1. The van der Waals surface area contributed by atoms with Crippen molar-refractivity contribution in [2.24, 2.45) is 0 Å². The van der Waals surface area contributed by atoms with Gasteiger partial charge in [-0.1, -0.05) is 13.3 Å². The van der Waals surface area contributed by atoms with Gasteiger partial charge in [0, 0.05) is 0 Å². The predicted octanol–water partition coefficient (Wildman–Crippen LogP) is 2.36. The first-order valence-electron chi connectivity index (χ1n) is 4.43. The van der Waals surface area contributed by atoms with Crippen molar-refractivity contribution in [2.75, 3.05) is 5.73 Å². The van der Waals surface area contributed by atoms with Gasteiger partial charge in [0.05, 0.1) is 5.69 Å². The third-order valence-electron chi connectivity index (χ3n) is 2.06. The van der Waals surface area contributed by atoms with Crippen LogP contribution < -0.4 is 5.73 Å². The van der Waals surface area contributed by atoms with Crippen LogP contribution in [-0.2, 0) is 6.42 Å². The fourth-order valence-corrected chi connectivity index (χ4v) is 1.49. The van der Waals surface area contributed by atoms with E-state index in [2.05, 4.69) is 11.9 Å². The maximum absolute atomic E-state index is 5.80. The lowest BCUT2D eigenvalue weighted by atomic mass is 10.1. The minimum atomic E-state index is 0.679. The normalized spacial score (nSPS) is 10.8. The Kier molecular flexibility index (Phi) is 1.93. The molecule has 1 aromatic heterocycles. The largest absolute Gasteiger partial charge is 0.441 e. The Morgan fingerprint density at radius 3 is 3.08 bits per heavy atom. The van der Waals surface area contributed by atoms with Gasteiger partial charge >= 0.3 is 0 Å². The summed E-state index contributed by atoms with van der Waals surface area (Å²) in [6.07, 6.45) is 3.58. The summed E-state index contributed by atoms with van der Waals surface area (Å²) in [4.78, 5) is 4.08. The molecule has 0 saturated carbocycles. The van der Waals surface area contributed by atoms with Gasteiger partial charge in [-0.05, 0) is 24.1 Å². The maximum Gasteiger partial charge on any atom is 0.182 e. The number of hydrogen-bond donors (Lipinski definition) is 1. The summed E-state index contributed by atoms with van der Waals surface area (Å²) in [5, 5.41) is 0. The monoisotopic (exact) mass is 176 g/mol. The van der Waals surface area contributed by atoms with E-state index in [0.29, 0.717) is 11.3 Å². The van der Waals surface area contributed by atoms with Crippen LogP contribution in [0.1, 0.15) is 18.9 Å². The number of hydrogen-bond acceptors (Lipinski definition) is 3. The van der Waals surface area contributed by atoms with Gasteiger partial charge in [-0.3, -0.25) is 0 Å². The van der Waals surface area contributed by atoms with Gasteiger partial charge in [-0.15, -0.1) is 0 Å². The molecule has 0 aliphatic rings. The van der Waals surface area contributed by atoms with Crippen LogP contribution >= 0.6 is 0 Å². The topological polar surface area (TPSA) is 52.0 Å². The third-order valence-corrected chi connectivity index (χ3v) is 2.06. The predicted molar refractivity (Wildman–Crippen MR) is 52.4 cm³/mol. The first-order valence-corrected chi connectivity index (χ1v) is 4.43. The molecule has 13 heavy (non-hydrogen) atoms. The fourth-order valence-electron chi connectivity index (χ4n) is 1.49. The highest BCUT2D eigenvalue weighted by atomic mass is 16.3. The van der Waals surface area contributed by atoms with Crippen molar-refractivity contribution < 1.29 is 4.42 Å². The quantitative estimate of drug-likeness (QED) is 0.714. The summed E-state index contributed by atoms with van der Waals surface area (Å²) in [6, 6.07) is 3.98. The van der Waals surface area contributed by atoms with E-state index in [1.807, 2.05) is 12.1 Å². The fraction of sp³-hybridized carbons (Fsp3) is 0.300. The smallest absolute Gasteiger partial charge is 0.182 e. The Balaban J connectivity index is 2.56. The highest BCUT2D eigenvalue weighted by molar-refractivity contribution is 5.85. The van der Waals surface area contributed by atoms with Crippen LogP contribution in [-0.4, -0.2) is 4.98 Å². The number of aryl methyl sites for hydroxylation is 1. The van der Waals surface area contributed by atoms with E-state index in [0.717, 1.165) is 18.4 Å². The molecule has 0 amide bonds. The number of benzene rings is 1. The Morgan fingerprint density at radius 1 is 1.46 bits per heavy atom. The van der Waals surface area contributed by atoms with E-state index < -0.39 is 0 Å². The van der Waals surface area contributed by atoms with Crippen molar-refractivity contribution >= 4 is 16.8 Å². The summed E-state index contributed by atoms with van der Waals surface area (Å²) in [5.41, 5.74) is 9.25. The van der Waals surface area contributed by atoms with Crippen LogP contribution in [0, 0.1) is 0 Å². The second-order valence-electron chi connectivity index (χ2n) is 3.14. The van der Waals surface area contributed by atoms with E-state index >= 15 is 0 Å². The first-order chi connectivity index (χ1) is 6.31. The Labute approximate surface area is 76.6 Å². The highest BCUT2D eigenvalue weighted by Crippen LogP contribution is 2.22. The van der Waals surface area contributed by atoms with E-state index in [4.69, 9.17) is 10.2 Å². The maximum atomic E-state index is 5.80. The molecular formula is C10H12N2O. The molecule has 0 unspecified atom stereocenters. The number of rotatable bonds is 2. The van der Waals surface area contributed by atoms with Crippen molar-refractivity contribution in [1.82, 2.24) is 4.98 Å². The van der Waals surface area contributed by atoms with E-state index in [1.165, 1.54) is 12.0 Å². The highest BCUT2D eigenvalue weighted by Gasteiger charge is 2.04. The molecule has 0 atom stereocenters. The average molecular weight is 176 g/mol. The van der Waals surface area contributed by atoms with Gasteiger partial charge in [0.2, 0.25) is 0 Å². The first kappa shape index (κ1) is 8.10. The lowest BCUT2D eigenvalue weighted by molar-refractivity contribution is 0.603. The van der Waals surface area contributed by atoms with Crippen LogP contribution in [0.4, 0.5) is 5.69 Å². The van der Waals surface area contributed by atoms with Crippen molar-refractivity contribution in [3.63, 3.8) is 0 Å². The zero-order valence-corrected chi connectivity index (χ0v) is 7.58. The van der Waals surface area contributed by atoms with Crippen LogP contribution in [0.25, 0.3) is 11.1 Å². The number of nitrogens with zero attached hydrogens (tertiary/aromatic N) is 1. The minimum absolute atomic E-state index is 0.679. The Morgan fingerprint density at radius 2 is 2.31 bits per heavy atom. The van der Waals surface area contributed by atoms with Crippen molar-refractivity contribution in [3.05, 3.63) is 24.1 Å². The summed E-state index contributed by atoms with van der Waals surface area (Å²) >= 11 is 0. The molecule has 0 aliphatic heterocycles. The van der Waals surface area contributed by atoms with Crippen molar-refractivity contribution in [1.29, 1.82) is 0 Å². The zero-order chi connectivity index (χ0) is 9.26. The van der Waals surface area contributed by atoms with E-state index in [-0.39, 0.29) is 0 Å². The van der Waals surface area contributed by atoms with E-state index in [1.54, 1.807) is 0 Å². The van der Waals surface area contributed by atoms with Gasteiger partial charge in [0.1, 0.15) is 5.52 Å². The molecule has 2 rings (SSSR count). The van der Waals surface area contributed by atoms with Crippen LogP contribution in [0.2, 0.25) is 0 Å². The molecule has 2 aromatic rings. The molecular weight excluding hydrogens is 164 g/mol. The number of nitrogens with two attached hydrogens (primary N) is 1. The molecule has 0 saturated heterocycles. The van der Waals surface area contributed by atoms with Crippen LogP contribution in [0.5, 0.6) is 0 Å². The van der Waals surface area contributed by atoms with Crippen LogP contribution in [0.15, 0.2) is 22.9 Å². The molecule has 0 radical (unpaired) electrons. The Hall–Kier alpha value is -1.51. The standard InChI is InChI=1S/C10H12N2O/c1-2-3-7-4-8(11)10-9(5-7)12-6-13-10/h4-6H,2-3,11H2,1H3. The number of nitrogen functional groups attached to an aromatic ring is 1. The van der Waals surface area contributed by atoms with Crippen molar-refractivity contribution in [2.45, 2.75) is 19.8 Å². The van der Waals surface area contributed by atoms with Gasteiger partial charge in [-0.25, -0.2) is 4.98 Å². The van der Waals surface area contributed by atoms with Gasteiger partial charge in [-0.2, -0.15) is 0 Å². The molecule has 0 fully saturated rings. The second kappa shape index (κ2) is 3.09. The average Bonchev–Trinajstić information content (AvgIpc) is 2.53. The summed E-state index contributed by atoms with van der Waals surface area (Å²) < 4.78 is 5.15. The third kappa shape index (κ3) is 1.37. The molecule has 0 aliphatic carbocycles. The SMILES string of the molecule is CCCc1cc(N)c2ocnc2c1. The zero-order valence-electron chi connectivity index (χ0n) is 7.58. The molecule has 0 spiro atoms. The van der Waals surface area contributed by atoms with Crippen molar-refractivity contribution in [3.8, 4) is 0 Å². The summed E-state index contributed by atoms with van der Waals surface area (Å²) in [5.74, 6) is 0.